The number of nitrogens with zero attached hydrogens (tertiary/aromatic N) is 1. The number of piperazine rings is 1. The molecule has 2 aromatic carbocycles. The third-order valence-corrected chi connectivity index (χ3v) is 5.87. The van der Waals surface area contributed by atoms with Gasteiger partial charge in [0.25, 0.3) is 0 Å². The molecule has 1 fully saturated rings. The molecule has 28 heavy (non-hydrogen) atoms. The topological polar surface area (TPSA) is 35.5 Å². The van der Waals surface area contributed by atoms with Crippen molar-refractivity contribution in [3.63, 3.8) is 0 Å². The van der Waals surface area contributed by atoms with Crippen LogP contribution in [0.3, 0.4) is 0 Å². The number of hydrogen-bond acceptors (Lipinski definition) is 3. The predicted octanol–water partition coefficient (Wildman–Crippen LogP) is 5.68. The summed E-state index contributed by atoms with van der Waals surface area (Å²) in [7, 11) is 0. The number of hydrogen-bond donors (Lipinski definition) is 2. The summed E-state index contributed by atoms with van der Waals surface area (Å²) in [5.74, 6) is -1.17. The van der Waals surface area contributed by atoms with Crippen LogP contribution >= 0.6 is 58.8 Å². The molecule has 2 N–H and O–H groups in total. The van der Waals surface area contributed by atoms with Gasteiger partial charge in [0.1, 0.15) is 11.6 Å². The maximum absolute atomic E-state index is 14.0. The van der Waals surface area contributed by atoms with Gasteiger partial charge in [-0.3, -0.25) is 4.90 Å². The standard InChI is InChI=1S/C18H16Cl4F2N2O.ClH/c19-11-5-13(21)15(23)3-9(11)17-7-25-8-18(26(17)1-2-27)10-4-16(24)14(22)6-12(10)20;/h3-6,17-18,25,27H,1-2,7-8H2;1H. The fraction of sp³-hybridized carbons (Fsp3) is 0.333. The fourth-order valence-corrected chi connectivity index (χ4v) is 4.42. The minimum absolute atomic E-state index is 0. The average molecular weight is 493 g/mol. The molecule has 3 rings (SSSR count). The van der Waals surface area contributed by atoms with E-state index in [-0.39, 0.29) is 47.7 Å². The first-order valence-electron chi connectivity index (χ1n) is 8.19. The van der Waals surface area contributed by atoms with E-state index in [4.69, 9.17) is 46.4 Å². The third kappa shape index (κ3) is 4.85. The lowest BCUT2D eigenvalue weighted by molar-refractivity contribution is 0.0731. The highest BCUT2D eigenvalue weighted by Gasteiger charge is 2.35. The SMILES string of the molecule is Cl.OCCN1C(c2cc(F)c(Cl)cc2Cl)CNCC1c1cc(F)c(Cl)cc1Cl. The number of benzene rings is 2. The molecule has 154 valence electrons. The van der Waals surface area contributed by atoms with Crippen molar-refractivity contribution in [1.29, 1.82) is 0 Å². The summed E-state index contributed by atoms with van der Waals surface area (Å²) >= 11 is 24.2. The molecule has 2 atom stereocenters. The molecule has 0 radical (unpaired) electrons. The Balaban J connectivity index is 0.00000280. The Kier molecular flexibility index (Phi) is 8.62. The molecule has 3 nitrogen and oxygen atoms in total. The van der Waals surface area contributed by atoms with Crippen LogP contribution in [0.2, 0.25) is 20.1 Å². The van der Waals surface area contributed by atoms with E-state index in [2.05, 4.69) is 5.32 Å². The number of β-amino-alcohol motifs (C(OH)–C–C–N with tert-alkyl or cyclic N) is 1. The Morgan fingerprint density at radius 3 is 1.68 bits per heavy atom. The molecule has 1 aliphatic heterocycles. The monoisotopic (exact) mass is 490 g/mol. The minimum Gasteiger partial charge on any atom is -0.395 e. The molecule has 0 aromatic heterocycles. The lowest BCUT2D eigenvalue weighted by Crippen LogP contribution is -2.49. The summed E-state index contributed by atoms with van der Waals surface area (Å²) in [6.45, 7) is 1.04. The molecule has 10 heteroatoms. The second-order valence-corrected chi connectivity index (χ2v) is 7.86. The van der Waals surface area contributed by atoms with Crippen LogP contribution in [0.1, 0.15) is 23.2 Å². The Bertz CT molecular complexity index is 790. The van der Waals surface area contributed by atoms with Crippen molar-refractivity contribution in [3.05, 3.63) is 67.1 Å². The minimum atomic E-state index is -0.585. The van der Waals surface area contributed by atoms with E-state index in [9.17, 15) is 13.9 Å². The average Bonchev–Trinajstić information content (AvgIpc) is 2.62. The van der Waals surface area contributed by atoms with Gasteiger partial charge in [-0.15, -0.1) is 12.4 Å². The van der Waals surface area contributed by atoms with Gasteiger partial charge in [0.15, 0.2) is 0 Å². The number of halogens is 7. The van der Waals surface area contributed by atoms with E-state index < -0.39 is 11.6 Å². The smallest absolute Gasteiger partial charge is 0.142 e. The van der Waals surface area contributed by atoms with E-state index in [1.54, 1.807) is 0 Å². The van der Waals surface area contributed by atoms with Crippen LogP contribution in [0.5, 0.6) is 0 Å². The molecule has 0 spiro atoms. The van der Waals surface area contributed by atoms with E-state index in [1.165, 1.54) is 24.3 Å². The van der Waals surface area contributed by atoms with E-state index in [0.717, 1.165) is 0 Å². The van der Waals surface area contributed by atoms with Crippen molar-refractivity contribution in [2.24, 2.45) is 0 Å². The molecule has 2 unspecified atom stereocenters. The summed E-state index contributed by atoms with van der Waals surface area (Å²) in [6.07, 6.45) is 0. The number of aliphatic hydroxyl groups is 1. The maximum atomic E-state index is 14.0. The number of nitrogens with one attached hydrogen (secondary N) is 1. The van der Waals surface area contributed by atoms with Gasteiger partial charge in [0.05, 0.1) is 16.7 Å². The van der Waals surface area contributed by atoms with Gasteiger partial charge in [-0.25, -0.2) is 8.78 Å². The van der Waals surface area contributed by atoms with E-state index >= 15 is 0 Å². The van der Waals surface area contributed by atoms with Gasteiger partial charge < -0.3 is 10.4 Å². The van der Waals surface area contributed by atoms with Gasteiger partial charge in [-0.1, -0.05) is 46.4 Å². The van der Waals surface area contributed by atoms with Gasteiger partial charge in [0.2, 0.25) is 0 Å². The predicted molar refractivity (Wildman–Crippen MR) is 112 cm³/mol. The van der Waals surface area contributed by atoms with Crippen LogP contribution in [0.4, 0.5) is 8.78 Å². The van der Waals surface area contributed by atoms with Crippen LogP contribution in [-0.2, 0) is 0 Å². The van der Waals surface area contributed by atoms with Crippen LogP contribution in [0.15, 0.2) is 24.3 Å². The molecule has 0 saturated carbocycles. The van der Waals surface area contributed by atoms with Crippen molar-refractivity contribution in [3.8, 4) is 0 Å². The first-order valence-corrected chi connectivity index (χ1v) is 9.70. The molecule has 0 bridgehead atoms. The molecule has 2 aromatic rings. The first kappa shape index (κ1) is 23.9. The summed E-state index contributed by atoms with van der Waals surface area (Å²) in [4.78, 5) is 1.92. The maximum Gasteiger partial charge on any atom is 0.142 e. The zero-order chi connectivity index (χ0) is 19.7. The molecule has 1 heterocycles. The Labute approximate surface area is 187 Å². The van der Waals surface area contributed by atoms with E-state index in [1.807, 2.05) is 4.90 Å². The molecular weight excluding hydrogens is 475 g/mol. The van der Waals surface area contributed by atoms with Gasteiger partial charge in [-0.2, -0.15) is 0 Å². The number of aliphatic hydroxyl groups excluding tert-OH is 1. The highest BCUT2D eigenvalue weighted by Crippen LogP contribution is 2.40. The largest absolute Gasteiger partial charge is 0.395 e. The van der Waals surface area contributed by atoms with Crippen LogP contribution in [0, 0.1) is 11.6 Å². The second-order valence-electron chi connectivity index (χ2n) is 6.23. The second kappa shape index (κ2) is 10.1. The zero-order valence-corrected chi connectivity index (χ0v) is 18.2. The van der Waals surface area contributed by atoms with Gasteiger partial charge >= 0.3 is 0 Å². The van der Waals surface area contributed by atoms with Gasteiger partial charge in [-0.05, 0) is 35.4 Å². The lowest BCUT2D eigenvalue weighted by atomic mass is 9.95. The molecule has 1 saturated heterocycles. The molecule has 0 amide bonds. The fourth-order valence-electron chi connectivity index (χ4n) is 3.40. The summed E-state index contributed by atoms with van der Waals surface area (Å²) in [6, 6.07) is 4.53. The zero-order valence-electron chi connectivity index (χ0n) is 14.4. The normalized spacial score (nSPS) is 20.1. The van der Waals surface area contributed by atoms with Crippen molar-refractivity contribution < 1.29 is 13.9 Å². The first-order chi connectivity index (χ1) is 12.8. The molecule has 1 aliphatic rings. The van der Waals surface area contributed by atoms with E-state index in [0.29, 0.717) is 34.3 Å². The quantitative estimate of drug-likeness (QED) is 0.539. The molecule has 0 aliphatic carbocycles. The van der Waals surface area contributed by atoms with Gasteiger partial charge in [0, 0.05) is 41.8 Å². The van der Waals surface area contributed by atoms with Crippen LogP contribution in [-0.4, -0.2) is 36.2 Å². The highest BCUT2D eigenvalue weighted by atomic mass is 35.5. The Morgan fingerprint density at radius 1 is 0.857 bits per heavy atom. The third-order valence-electron chi connectivity index (χ3n) is 4.63. The van der Waals surface area contributed by atoms with Crippen molar-refractivity contribution >= 4 is 58.8 Å². The Hall–Kier alpha value is -0.370. The van der Waals surface area contributed by atoms with Crippen LogP contribution < -0.4 is 5.32 Å². The summed E-state index contributed by atoms with van der Waals surface area (Å²) < 4.78 is 28.1. The molecular formula is C18H17Cl5F2N2O. The summed E-state index contributed by atoms with van der Waals surface area (Å²) in [5.41, 5.74) is 1.05. The Morgan fingerprint density at radius 2 is 1.29 bits per heavy atom. The summed E-state index contributed by atoms with van der Waals surface area (Å²) in [5, 5.41) is 13.3. The highest BCUT2D eigenvalue weighted by molar-refractivity contribution is 6.35. The van der Waals surface area contributed by atoms with Crippen molar-refractivity contribution in [2.75, 3.05) is 26.2 Å². The number of rotatable bonds is 4. The lowest BCUT2D eigenvalue weighted by Gasteiger charge is -2.43. The van der Waals surface area contributed by atoms with Crippen molar-refractivity contribution in [2.45, 2.75) is 12.1 Å². The van der Waals surface area contributed by atoms with Crippen LogP contribution in [0.25, 0.3) is 0 Å². The van der Waals surface area contributed by atoms with Crippen molar-refractivity contribution in [1.82, 2.24) is 10.2 Å².